The molecular formula is C16H32N2O. The van der Waals surface area contributed by atoms with Crippen LogP contribution in [0.2, 0.25) is 0 Å². The molecule has 0 aromatic heterocycles. The van der Waals surface area contributed by atoms with Crippen LogP contribution in [0.15, 0.2) is 0 Å². The average Bonchev–Trinajstić information content (AvgIpc) is 2.43. The smallest absolute Gasteiger partial charge is 0.0702 e. The molecule has 1 aliphatic carbocycles. The molecule has 0 aromatic rings. The minimum atomic E-state index is 0.215. The molecule has 0 bridgehead atoms. The Hall–Kier alpha value is -0.120. The van der Waals surface area contributed by atoms with Gasteiger partial charge in [0.05, 0.1) is 6.10 Å². The van der Waals surface area contributed by atoms with Gasteiger partial charge in [0.1, 0.15) is 0 Å². The predicted molar refractivity (Wildman–Crippen MR) is 80.2 cm³/mol. The van der Waals surface area contributed by atoms with Crippen molar-refractivity contribution >= 4 is 0 Å². The summed E-state index contributed by atoms with van der Waals surface area (Å²) in [6.07, 6.45) is 8.01. The lowest BCUT2D eigenvalue weighted by Crippen LogP contribution is -2.57. The topological polar surface area (TPSA) is 38.5 Å². The van der Waals surface area contributed by atoms with Crippen molar-refractivity contribution in [3.8, 4) is 0 Å². The molecule has 0 amide bonds. The van der Waals surface area contributed by atoms with Crippen LogP contribution in [0.1, 0.15) is 52.4 Å². The predicted octanol–water partition coefficient (Wildman–Crippen LogP) is 2.64. The summed E-state index contributed by atoms with van der Waals surface area (Å²) in [5, 5.41) is 0. The van der Waals surface area contributed by atoms with Gasteiger partial charge in [-0.1, -0.05) is 13.8 Å². The first-order valence-electron chi connectivity index (χ1n) is 8.10. The molecule has 2 rings (SSSR count). The van der Waals surface area contributed by atoms with Gasteiger partial charge in [-0.2, -0.15) is 0 Å². The van der Waals surface area contributed by atoms with Crippen molar-refractivity contribution in [1.82, 2.24) is 4.90 Å². The van der Waals surface area contributed by atoms with E-state index in [-0.39, 0.29) is 5.54 Å². The Balaban J connectivity index is 1.95. The van der Waals surface area contributed by atoms with Crippen LogP contribution in [0.25, 0.3) is 0 Å². The quantitative estimate of drug-likeness (QED) is 0.852. The minimum Gasteiger partial charge on any atom is -0.377 e. The Morgan fingerprint density at radius 3 is 2.58 bits per heavy atom. The van der Waals surface area contributed by atoms with E-state index in [1.807, 2.05) is 0 Å². The van der Waals surface area contributed by atoms with E-state index in [1.54, 1.807) is 0 Å². The van der Waals surface area contributed by atoms with Gasteiger partial charge in [-0.3, -0.25) is 4.90 Å². The van der Waals surface area contributed by atoms with Crippen molar-refractivity contribution < 1.29 is 4.74 Å². The van der Waals surface area contributed by atoms with Crippen LogP contribution in [0.3, 0.4) is 0 Å². The van der Waals surface area contributed by atoms with Gasteiger partial charge in [0.2, 0.25) is 0 Å². The Morgan fingerprint density at radius 2 is 2.00 bits per heavy atom. The van der Waals surface area contributed by atoms with Crippen molar-refractivity contribution in [1.29, 1.82) is 0 Å². The van der Waals surface area contributed by atoms with Crippen LogP contribution in [0.4, 0.5) is 0 Å². The summed E-state index contributed by atoms with van der Waals surface area (Å²) >= 11 is 0. The number of hydrogen-bond donors (Lipinski definition) is 1. The number of nitrogens with zero attached hydrogens (tertiary/aromatic N) is 1. The van der Waals surface area contributed by atoms with Gasteiger partial charge in [0, 0.05) is 25.2 Å². The molecule has 1 saturated carbocycles. The second-order valence-corrected chi connectivity index (χ2v) is 6.99. The number of rotatable bonds is 4. The zero-order valence-corrected chi connectivity index (χ0v) is 13.0. The van der Waals surface area contributed by atoms with E-state index in [2.05, 4.69) is 25.8 Å². The molecule has 2 N–H and O–H groups in total. The molecule has 3 nitrogen and oxygen atoms in total. The van der Waals surface area contributed by atoms with Crippen molar-refractivity contribution in [3.63, 3.8) is 0 Å². The normalized spacial score (nSPS) is 40.6. The summed E-state index contributed by atoms with van der Waals surface area (Å²) in [5.41, 5.74) is 6.38. The van der Waals surface area contributed by atoms with E-state index in [0.717, 1.165) is 31.5 Å². The molecule has 1 aliphatic heterocycles. The molecule has 4 unspecified atom stereocenters. The maximum atomic E-state index is 6.17. The number of nitrogens with two attached hydrogens (primary N) is 1. The molecule has 112 valence electrons. The third kappa shape index (κ3) is 3.50. The SMILES string of the molecule is CC1CCC(CN)(N(C)CC2CCCCO2)CC1C. The van der Waals surface area contributed by atoms with Gasteiger partial charge >= 0.3 is 0 Å². The van der Waals surface area contributed by atoms with Crippen molar-refractivity contribution in [3.05, 3.63) is 0 Å². The van der Waals surface area contributed by atoms with Crippen LogP contribution in [-0.2, 0) is 4.74 Å². The van der Waals surface area contributed by atoms with Gasteiger partial charge in [-0.15, -0.1) is 0 Å². The Labute approximate surface area is 118 Å². The highest BCUT2D eigenvalue weighted by atomic mass is 16.5. The average molecular weight is 268 g/mol. The zero-order valence-electron chi connectivity index (χ0n) is 13.0. The Morgan fingerprint density at radius 1 is 1.21 bits per heavy atom. The molecule has 2 fully saturated rings. The maximum Gasteiger partial charge on any atom is 0.0702 e. The molecular weight excluding hydrogens is 236 g/mol. The minimum absolute atomic E-state index is 0.215. The second-order valence-electron chi connectivity index (χ2n) is 6.99. The van der Waals surface area contributed by atoms with Gasteiger partial charge in [-0.25, -0.2) is 0 Å². The van der Waals surface area contributed by atoms with E-state index in [0.29, 0.717) is 6.10 Å². The van der Waals surface area contributed by atoms with Crippen molar-refractivity contribution in [2.24, 2.45) is 17.6 Å². The molecule has 0 spiro atoms. The van der Waals surface area contributed by atoms with Gasteiger partial charge < -0.3 is 10.5 Å². The van der Waals surface area contributed by atoms with E-state index in [1.165, 1.54) is 38.5 Å². The first kappa shape index (κ1) is 15.3. The number of hydrogen-bond acceptors (Lipinski definition) is 3. The van der Waals surface area contributed by atoms with E-state index >= 15 is 0 Å². The first-order valence-corrected chi connectivity index (χ1v) is 8.10. The van der Waals surface area contributed by atoms with Gasteiger partial charge in [-0.05, 0) is 57.4 Å². The summed E-state index contributed by atoms with van der Waals surface area (Å²) in [6.45, 7) is 7.56. The molecule has 1 heterocycles. The summed E-state index contributed by atoms with van der Waals surface area (Å²) in [4.78, 5) is 2.52. The van der Waals surface area contributed by atoms with Crippen LogP contribution >= 0.6 is 0 Å². The number of likely N-dealkylation sites (N-methyl/N-ethyl adjacent to an activating group) is 1. The highest BCUT2D eigenvalue weighted by Crippen LogP contribution is 2.39. The summed E-state index contributed by atoms with van der Waals surface area (Å²) in [5.74, 6) is 1.63. The summed E-state index contributed by atoms with van der Waals surface area (Å²) < 4.78 is 5.89. The van der Waals surface area contributed by atoms with E-state index in [9.17, 15) is 0 Å². The lowest BCUT2D eigenvalue weighted by molar-refractivity contribution is -0.0383. The van der Waals surface area contributed by atoms with E-state index < -0.39 is 0 Å². The zero-order chi connectivity index (χ0) is 13.9. The van der Waals surface area contributed by atoms with Gasteiger partial charge in [0.25, 0.3) is 0 Å². The monoisotopic (exact) mass is 268 g/mol. The molecule has 19 heavy (non-hydrogen) atoms. The third-order valence-corrected chi connectivity index (χ3v) is 5.68. The largest absolute Gasteiger partial charge is 0.377 e. The fourth-order valence-electron chi connectivity index (χ4n) is 3.82. The fraction of sp³-hybridized carbons (Fsp3) is 1.00. The lowest BCUT2D eigenvalue weighted by atomic mass is 9.70. The second kappa shape index (κ2) is 6.55. The number of ether oxygens (including phenoxy) is 1. The van der Waals surface area contributed by atoms with Gasteiger partial charge in [0.15, 0.2) is 0 Å². The van der Waals surface area contributed by atoms with Crippen molar-refractivity contribution in [2.45, 2.75) is 64.0 Å². The van der Waals surface area contributed by atoms with Crippen LogP contribution in [0.5, 0.6) is 0 Å². The molecule has 1 saturated heterocycles. The molecule has 2 aliphatic rings. The van der Waals surface area contributed by atoms with Crippen LogP contribution in [0, 0.1) is 11.8 Å². The molecule has 3 heteroatoms. The van der Waals surface area contributed by atoms with E-state index in [4.69, 9.17) is 10.5 Å². The van der Waals surface area contributed by atoms with Crippen molar-refractivity contribution in [2.75, 3.05) is 26.7 Å². The Kier molecular flexibility index (Phi) is 5.27. The highest BCUT2D eigenvalue weighted by molar-refractivity contribution is 4.97. The summed E-state index contributed by atoms with van der Waals surface area (Å²) in [6, 6.07) is 0. The van der Waals surface area contributed by atoms with Crippen LogP contribution < -0.4 is 5.73 Å². The maximum absolute atomic E-state index is 6.17. The highest BCUT2D eigenvalue weighted by Gasteiger charge is 2.40. The standard InChI is InChI=1S/C16H32N2O/c1-13-7-8-16(12-17,10-14(13)2)18(3)11-15-6-4-5-9-19-15/h13-15H,4-12,17H2,1-3H3. The van der Waals surface area contributed by atoms with Crippen LogP contribution in [-0.4, -0.2) is 43.3 Å². The molecule has 4 atom stereocenters. The molecule has 0 aromatic carbocycles. The lowest BCUT2D eigenvalue weighted by Gasteiger charge is -2.49. The Bertz CT molecular complexity index is 278. The fourth-order valence-corrected chi connectivity index (χ4v) is 3.82. The first-order chi connectivity index (χ1) is 9.07. The summed E-state index contributed by atoms with van der Waals surface area (Å²) in [7, 11) is 2.26. The third-order valence-electron chi connectivity index (χ3n) is 5.68. The molecule has 0 radical (unpaired) electrons.